The summed E-state index contributed by atoms with van der Waals surface area (Å²) in [5, 5.41) is 7.05. The number of rotatable bonds is 7. The fourth-order valence-electron chi connectivity index (χ4n) is 2.61. The van der Waals surface area contributed by atoms with Crippen LogP contribution >= 0.6 is 11.6 Å². The molecule has 0 radical (unpaired) electrons. The molecule has 0 bridgehead atoms. The number of halogens is 1. The van der Waals surface area contributed by atoms with Gasteiger partial charge in [-0.1, -0.05) is 41.9 Å². The van der Waals surface area contributed by atoms with Gasteiger partial charge in [-0.05, 0) is 12.5 Å². The molecular formula is C20H21ClN4O2. The Balaban J connectivity index is 1.82. The van der Waals surface area contributed by atoms with E-state index in [2.05, 4.69) is 32.7 Å². The Morgan fingerprint density at radius 1 is 0.926 bits per heavy atom. The lowest BCUT2D eigenvalue weighted by atomic mass is 10.2. The maximum absolute atomic E-state index is 6.16. The van der Waals surface area contributed by atoms with Crippen molar-refractivity contribution >= 4 is 28.9 Å². The van der Waals surface area contributed by atoms with Gasteiger partial charge in [-0.25, -0.2) is 9.97 Å². The monoisotopic (exact) mass is 384 g/mol. The largest absolute Gasteiger partial charge is 0.495 e. The first-order chi connectivity index (χ1) is 13.1. The Morgan fingerprint density at radius 3 is 2.33 bits per heavy atom. The van der Waals surface area contributed by atoms with Crippen molar-refractivity contribution in [2.24, 2.45) is 0 Å². The zero-order valence-corrected chi connectivity index (χ0v) is 16.2. The average molecular weight is 385 g/mol. The number of nitrogens with zero attached hydrogens (tertiary/aromatic N) is 2. The van der Waals surface area contributed by atoms with E-state index < -0.39 is 0 Å². The van der Waals surface area contributed by atoms with Gasteiger partial charge in [0.25, 0.3) is 0 Å². The minimum atomic E-state index is 0.476. The van der Waals surface area contributed by atoms with Crippen molar-refractivity contribution in [3.8, 4) is 11.5 Å². The van der Waals surface area contributed by atoms with Crippen LogP contribution in [0.5, 0.6) is 11.5 Å². The Morgan fingerprint density at radius 2 is 1.63 bits per heavy atom. The third-order valence-corrected chi connectivity index (χ3v) is 4.19. The van der Waals surface area contributed by atoms with E-state index in [1.54, 1.807) is 26.4 Å². The molecular weight excluding hydrogens is 364 g/mol. The van der Waals surface area contributed by atoms with Gasteiger partial charge in [-0.2, -0.15) is 0 Å². The molecule has 27 heavy (non-hydrogen) atoms. The van der Waals surface area contributed by atoms with Crippen molar-refractivity contribution in [2.45, 2.75) is 13.5 Å². The molecule has 3 rings (SSSR count). The standard InChI is InChI=1S/C20H21ClN4O2/c1-13-23-19(22-12-14-7-5-4-6-8-14)11-20(24-13)25-16-10-17(26-2)15(21)9-18(16)27-3/h4-11H,12H2,1-3H3,(H2,22,23,24,25). The number of aryl methyl sites for hydroxylation is 1. The second kappa shape index (κ2) is 8.60. The topological polar surface area (TPSA) is 68.3 Å². The Kier molecular flexibility index (Phi) is 5.98. The number of aromatic nitrogens is 2. The van der Waals surface area contributed by atoms with Crippen molar-refractivity contribution in [2.75, 3.05) is 24.9 Å². The molecule has 6 nitrogen and oxygen atoms in total. The summed E-state index contributed by atoms with van der Waals surface area (Å²) in [6, 6.07) is 15.5. The van der Waals surface area contributed by atoms with E-state index in [0.717, 1.165) is 5.82 Å². The van der Waals surface area contributed by atoms with Crippen LogP contribution in [0.4, 0.5) is 17.3 Å². The van der Waals surface area contributed by atoms with Gasteiger partial charge in [-0.15, -0.1) is 0 Å². The molecule has 1 aromatic heterocycles. The predicted octanol–water partition coefficient (Wildman–Crippen LogP) is 4.81. The van der Waals surface area contributed by atoms with Gasteiger partial charge in [0.15, 0.2) is 0 Å². The van der Waals surface area contributed by atoms with E-state index in [1.165, 1.54) is 5.56 Å². The SMILES string of the molecule is COc1cc(Nc2cc(NCc3ccccc3)nc(C)n2)c(OC)cc1Cl. The minimum Gasteiger partial charge on any atom is -0.495 e. The second-order valence-electron chi connectivity index (χ2n) is 5.84. The van der Waals surface area contributed by atoms with Crippen molar-refractivity contribution in [3.63, 3.8) is 0 Å². The van der Waals surface area contributed by atoms with E-state index in [9.17, 15) is 0 Å². The van der Waals surface area contributed by atoms with Gasteiger partial charge in [0.05, 0.1) is 24.9 Å². The number of anilines is 3. The van der Waals surface area contributed by atoms with Crippen molar-refractivity contribution in [1.29, 1.82) is 0 Å². The van der Waals surface area contributed by atoms with Crippen LogP contribution < -0.4 is 20.1 Å². The molecule has 3 aromatic rings. The van der Waals surface area contributed by atoms with Crippen LogP contribution in [0.3, 0.4) is 0 Å². The first-order valence-corrected chi connectivity index (χ1v) is 8.79. The highest BCUT2D eigenvalue weighted by Gasteiger charge is 2.11. The zero-order chi connectivity index (χ0) is 19.2. The van der Waals surface area contributed by atoms with Crippen molar-refractivity contribution < 1.29 is 9.47 Å². The molecule has 0 aliphatic rings. The van der Waals surface area contributed by atoms with Gasteiger partial charge in [0.2, 0.25) is 0 Å². The molecule has 0 aliphatic heterocycles. The van der Waals surface area contributed by atoms with Crippen LogP contribution in [0, 0.1) is 6.92 Å². The van der Waals surface area contributed by atoms with Crippen LogP contribution in [0.15, 0.2) is 48.5 Å². The summed E-state index contributed by atoms with van der Waals surface area (Å²) >= 11 is 6.16. The van der Waals surface area contributed by atoms with Crippen LogP contribution in [-0.4, -0.2) is 24.2 Å². The Labute approximate surface area is 163 Å². The van der Waals surface area contributed by atoms with Crippen molar-refractivity contribution in [1.82, 2.24) is 9.97 Å². The maximum Gasteiger partial charge on any atom is 0.144 e. The van der Waals surface area contributed by atoms with Crippen LogP contribution in [0.2, 0.25) is 5.02 Å². The maximum atomic E-state index is 6.16. The second-order valence-corrected chi connectivity index (χ2v) is 6.24. The smallest absolute Gasteiger partial charge is 0.144 e. The number of hydrogen-bond donors (Lipinski definition) is 2. The molecule has 1 heterocycles. The van der Waals surface area contributed by atoms with Gasteiger partial charge < -0.3 is 20.1 Å². The summed E-state index contributed by atoms with van der Waals surface area (Å²) < 4.78 is 10.7. The molecule has 2 N–H and O–H groups in total. The first-order valence-electron chi connectivity index (χ1n) is 8.41. The summed E-state index contributed by atoms with van der Waals surface area (Å²) in [6.45, 7) is 2.52. The van der Waals surface area contributed by atoms with E-state index in [-0.39, 0.29) is 0 Å². The highest BCUT2D eigenvalue weighted by molar-refractivity contribution is 6.32. The van der Waals surface area contributed by atoms with E-state index in [0.29, 0.717) is 40.4 Å². The molecule has 0 spiro atoms. The number of methoxy groups -OCH3 is 2. The lowest BCUT2D eigenvalue weighted by Crippen LogP contribution is -2.05. The van der Waals surface area contributed by atoms with Gasteiger partial charge in [0.1, 0.15) is 29.0 Å². The third kappa shape index (κ3) is 4.80. The highest BCUT2D eigenvalue weighted by Crippen LogP contribution is 2.37. The number of nitrogens with one attached hydrogen (secondary N) is 2. The van der Waals surface area contributed by atoms with E-state index in [4.69, 9.17) is 21.1 Å². The summed E-state index contributed by atoms with van der Waals surface area (Å²) in [5.41, 5.74) is 1.87. The third-order valence-electron chi connectivity index (χ3n) is 3.89. The summed E-state index contributed by atoms with van der Waals surface area (Å²) in [7, 11) is 3.15. The van der Waals surface area contributed by atoms with Crippen molar-refractivity contribution in [3.05, 3.63) is 64.9 Å². The zero-order valence-electron chi connectivity index (χ0n) is 15.4. The van der Waals surface area contributed by atoms with Crippen LogP contribution in [0.25, 0.3) is 0 Å². The molecule has 0 saturated carbocycles. The molecule has 0 unspecified atom stereocenters. The van der Waals surface area contributed by atoms with E-state index in [1.807, 2.05) is 31.2 Å². The molecule has 2 aromatic carbocycles. The molecule has 0 saturated heterocycles. The Bertz CT molecular complexity index is 919. The minimum absolute atomic E-state index is 0.476. The van der Waals surface area contributed by atoms with E-state index >= 15 is 0 Å². The number of ether oxygens (including phenoxy) is 2. The summed E-state index contributed by atoms with van der Waals surface area (Å²) in [6.07, 6.45) is 0. The first kappa shape index (κ1) is 18.8. The summed E-state index contributed by atoms with van der Waals surface area (Å²) in [4.78, 5) is 8.89. The van der Waals surface area contributed by atoms with Crippen LogP contribution in [-0.2, 0) is 6.54 Å². The molecule has 140 valence electrons. The molecule has 0 amide bonds. The number of benzene rings is 2. The van der Waals surface area contributed by atoms with Gasteiger partial charge in [-0.3, -0.25) is 0 Å². The van der Waals surface area contributed by atoms with Gasteiger partial charge in [0, 0.05) is 24.7 Å². The number of hydrogen-bond acceptors (Lipinski definition) is 6. The fraction of sp³-hybridized carbons (Fsp3) is 0.200. The predicted molar refractivity (Wildman–Crippen MR) is 108 cm³/mol. The lowest BCUT2D eigenvalue weighted by molar-refractivity contribution is 0.405. The Hall–Kier alpha value is -2.99. The lowest BCUT2D eigenvalue weighted by Gasteiger charge is -2.14. The molecule has 0 aliphatic carbocycles. The molecule has 7 heteroatoms. The molecule has 0 fully saturated rings. The normalized spacial score (nSPS) is 10.4. The summed E-state index contributed by atoms with van der Waals surface area (Å²) in [5.74, 6) is 3.16. The fourth-order valence-corrected chi connectivity index (χ4v) is 2.84. The highest BCUT2D eigenvalue weighted by atomic mass is 35.5. The van der Waals surface area contributed by atoms with Crippen LogP contribution in [0.1, 0.15) is 11.4 Å². The average Bonchev–Trinajstić information content (AvgIpc) is 2.68. The quantitative estimate of drug-likeness (QED) is 0.609. The molecule has 0 atom stereocenters. The van der Waals surface area contributed by atoms with Gasteiger partial charge >= 0.3 is 0 Å².